The molecular formula is C14H17FN2O4S2. The molecule has 1 aromatic rings. The van der Waals surface area contributed by atoms with E-state index in [2.05, 4.69) is 4.98 Å². The number of carbonyl (C=O) groups is 1. The molecule has 1 aromatic heterocycles. The standard InChI is InChI=1S/C14H17FN2O4S2/c1-23(19,20)7-12(18)17-8-14(9-17)5-10(6-22-14)21-13-11(15)3-2-4-16-13/h2-4,10H,5-9H2,1H3. The number of thioether (sulfide) groups is 1. The molecule has 9 heteroatoms. The summed E-state index contributed by atoms with van der Waals surface area (Å²) in [4.78, 5) is 17.3. The number of rotatable bonds is 4. The zero-order valence-corrected chi connectivity index (χ0v) is 14.2. The number of sulfone groups is 1. The lowest BCUT2D eigenvalue weighted by Crippen LogP contribution is -2.61. The maximum absolute atomic E-state index is 13.6. The topological polar surface area (TPSA) is 76.6 Å². The second-order valence-electron chi connectivity index (χ2n) is 6.05. The minimum absolute atomic E-state index is 0.000479. The van der Waals surface area contributed by atoms with Gasteiger partial charge in [-0.15, -0.1) is 11.8 Å². The SMILES string of the molecule is CS(=O)(=O)CC(=O)N1CC2(CC(Oc3ncccc3F)CS2)C1. The van der Waals surface area contributed by atoms with Crippen LogP contribution in [0.15, 0.2) is 18.3 Å². The minimum Gasteiger partial charge on any atom is -0.471 e. The van der Waals surface area contributed by atoms with Crippen LogP contribution in [0.3, 0.4) is 0 Å². The van der Waals surface area contributed by atoms with Gasteiger partial charge in [0.05, 0.1) is 4.75 Å². The third-order valence-electron chi connectivity index (χ3n) is 3.87. The van der Waals surface area contributed by atoms with Gasteiger partial charge < -0.3 is 9.64 Å². The van der Waals surface area contributed by atoms with Crippen LogP contribution in [-0.4, -0.2) is 65.9 Å². The molecule has 23 heavy (non-hydrogen) atoms. The van der Waals surface area contributed by atoms with E-state index >= 15 is 0 Å². The summed E-state index contributed by atoms with van der Waals surface area (Å²) < 4.78 is 41.4. The summed E-state index contributed by atoms with van der Waals surface area (Å²) in [5.41, 5.74) is 0. The number of pyridine rings is 1. The van der Waals surface area contributed by atoms with Gasteiger partial charge in [-0.3, -0.25) is 4.79 Å². The Morgan fingerprint density at radius 1 is 1.57 bits per heavy atom. The largest absolute Gasteiger partial charge is 0.471 e. The molecule has 0 aliphatic carbocycles. The Morgan fingerprint density at radius 2 is 2.30 bits per heavy atom. The molecule has 0 aromatic carbocycles. The van der Waals surface area contributed by atoms with Gasteiger partial charge in [-0.1, -0.05) is 0 Å². The van der Waals surface area contributed by atoms with Gasteiger partial charge in [-0.2, -0.15) is 0 Å². The van der Waals surface area contributed by atoms with Crippen LogP contribution in [0.2, 0.25) is 0 Å². The molecule has 2 fully saturated rings. The molecular weight excluding hydrogens is 343 g/mol. The third kappa shape index (κ3) is 3.77. The van der Waals surface area contributed by atoms with Gasteiger partial charge in [0.15, 0.2) is 15.7 Å². The van der Waals surface area contributed by atoms with Crippen molar-refractivity contribution in [2.75, 3.05) is 30.9 Å². The number of likely N-dealkylation sites (tertiary alicyclic amines) is 1. The first-order chi connectivity index (χ1) is 10.8. The molecule has 1 unspecified atom stereocenters. The van der Waals surface area contributed by atoms with Crippen LogP contribution >= 0.6 is 11.8 Å². The molecule has 2 aliphatic rings. The van der Waals surface area contributed by atoms with Gasteiger partial charge in [-0.25, -0.2) is 17.8 Å². The molecule has 0 bridgehead atoms. The predicted octanol–water partition coefficient (Wildman–Crippen LogP) is 0.731. The van der Waals surface area contributed by atoms with Crippen LogP contribution in [-0.2, 0) is 14.6 Å². The fourth-order valence-corrected chi connectivity index (χ4v) is 5.01. The Kier molecular flexibility index (Phi) is 4.26. The Hall–Kier alpha value is -1.35. The van der Waals surface area contributed by atoms with Crippen molar-refractivity contribution in [1.29, 1.82) is 0 Å². The van der Waals surface area contributed by atoms with Gasteiger partial charge in [-0.05, 0) is 12.1 Å². The summed E-state index contributed by atoms with van der Waals surface area (Å²) in [5.74, 6) is -0.605. The average Bonchev–Trinajstić information content (AvgIpc) is 2.82. The Morgan fingerprint density at radius 3 is 2.96 bits per heavy atom. The van der Waals surface area contributed by atoms with Gasteiger partial charge in [0.25, 0.3) is 5.88 Å². The molecule has 6 nitrogen and oxygen atoms in total. The van der Waals surface area contributed by atoms with Gasteiger partial charge in [0.2, 0.25) is 5.91 Å². The highest BCUT2D eigenvalue weighted by Crippen LogP contribution is 2.46. The van der Waals surface area contributed by atoms with E-state index in [0.717, 1.165) is 6.26 Å². The van der Waals surface area contributed by atoms with E-state index in [0.29, 0.717) is 25.3 Å². The minimum atomic E-state index is -3.31. The number of ether oxygens (including phenoxy) is 1. The Balaban J connectivity index is 1.53. The van der Waals surface area contributed by atoms with Crippen LogP contribution in [0.5, 0.6) is 5.88 Å². The molecule has 1 spiro atoms. The van der Waals surface area contributed by atoms with Gasteiger partial charge in [0.1, 0.15) is 11.9 Å². The van der Waals surface area contributed by atoms with E-state index in [4.69, 9.17) is 4.74 Å². The van der Waals surface area contributed by atoms with Crippen molar-refractivity contribution >= 4 is 27.5 Å². The van der Waals surface area contributed by atoms with Crippen LogP contribution in [0.4, 0.5) is 4.39 Å². The van der Waals surface area contributed by atoms with Crippen molar-refractivity contribution in [3.8, 4) is 5.88 Å². The first-order valence-corrected chi connectivity index (χ1v) is 10.2. The second-order valence-corrected chi connectivity index (χ2v) is 9.68. The first-order valence-electron chi connectivity index (χ1n) is 7.13. The number of carbonyl (C=O) groups excluding carboxylic acids is 1. The number of hydrogen-bond donors (Lipinski definition) is 0. The zero-order chi connectivity index (χ0) is 16.7. The van der Waals surface area contributed by atoms with Crippen molar-refractivity contribution in [1.82, 2.24) is 9.88 Å². The molecule has 3 rings (SSSR count). The van der Waals surface area contributed by atoms with E-state index in [1.54, 1.807) is 16.7 Å². The number of aromatic nitrogens is 1. The summed E-state index contributed by atoms with van der Waals surface area (Å²) in [6.45, 7) is 1.02. The van der Waals surface area contributed by atoms with E-state index in [-0.39, 0.29) is 22.6 Å². The summed E-state index contributed by atoms with van der Waals surface area (Å²) in [6.07, 6.45) is 3.06. The lowest BCUT2D eigenvalue weighted by Gasteiger charge is -2.47. The van der Waals surface area contributed by atoms with Crippen LogP contribution in [0, 0.1) is 5.82 Å². The predicted molar refractivity (Wildman–Crippen MR) is 84.7 cm³/mol. The van der Waals surface area contributed by atoms with Crippen LogP contribution in [0.25, 0.3) is 0 Å². The van der Waals surface area contributed by atoms with Crippen molar-refractivity contribution in [2.45, 2.75) is 17.3 Å². The second kappa shape index (κ2) is 5.94. The van der Waals surface area contributed by atoms with Crippen molar-refractivity contribution in [2.24, 2.45) is 0 Å². The maximum Gasteiger partial charge on any atom is 0.250 e. The summed E-state index contributed by atoms with van der Waals surface area (Å²) in [6, 6.07) is 2.80. The molecule has 0 radical (unpaired) electrons. The normalized spacial score (nSPS) is 22.9. The molecule has 1 atom stereocenters. The summed E-state index contributed by atoms with van der Waals surface area (Å²) in [5, 5.41) is 0. The van der Waals surface area contributed by atoms with Crippen LogP contribution < -0.4 is 4.74 Å². The third-order valence-corrected chi connectivity index (χ3v) is 6.22. The highest BCUT2D eigenvalue weighted by molar-refractivity contribution is 8.01. The smallest absolute Gasteiger partial charge is 0.250 e. The lowest BCUT2D eigenvalue weighted by molar-refractivity contribution is -0.133. The molecule has 2 saturated heterocycles. The number of amides is 1. The van der Waals surface area contributed by atoms with E-state index in [1.165, 1.54) is 18.3 Å². The van der Waals surface area contributed by atoms with E-state index < -0.39 is 21.4 Å². The van der Waals surface area contributed by atoms with E-state index in [1.807, 2.05) is 0 Å². The number of hydrogen-bond acceptors (Lipinski definition) is 6. The van der Waals surface area contributed by atoms with Crippen molar-refractivity contribution in [3.63, 3.8) is 0 Å². The van der Waals surface area contributed by atoms with Gasteiger partial charge >= 0.3 is 0 Å². The highest BCUT2D eigenvalue weighted by atomic mass is 32.2. The molecule has 0 saturated carbocycles. The monoisotopic (exact) mass is 360 g/mol. The Bertz CT molecular complexity index is 719. The fraction of sp³-hybridized carbons (Fsp3) is 0.571. The summed E-state index contributed by atoms with van der Waals surface area (Å²) >= 11 is 1.69. The average molecular weight is 360 g/mol. The maximum atomic E-state index is 13.6. The molecule has 0 N–H and O–H groups in total. The lowest BCUT2D eigenvalue weighted by atomic mass is 9.93. The number of halogens is 1. The molecule has 1 amide bonds. The zero-order valence-electron chi connectivity index (χ0n) is 12.6. The highest BCUT2D eigenvalue weighted by Gasteiger charge is 2.51. The summed E-state index contributed by atoms with van der Waals surface area (Å²) in [7, 11) is -3.31. The van der Waals surface area contributed by atoms with E-state index in [9.17, 15) is 17.6 Å². The van der Waals surface area contributed by atoms with Crippen LogP contribution in [0.1, 0.15) is 6.42 Å². The van der Waals surface area contributed by atoms with Crippen molar-refractivity contribution < 1.29 is 22.3 Å². The molecule has 3 heterocycles. The Labute approximate surface area is 138 Å². The molecule has 126 valence electrons. The first kappa shape index (κ1) is 16.5. The number of nitrogens with zero attached hydrogens (tertiary/aromatic N) is 2. The molecule has 2 aliphatic heterocycles. The quantitative estimate of drug-likeness (QED) is 0.788. The van der Waals surface area contributed by atoms with Crippen molar-refractivity contribution in [3.05, 3.63) is 24.1 Å². The fourth-order valence-electron chi connectivity index (χ4n) is 2.86. The van der Waals surface area contributed by atoms with Gasteiger partial charge in [0, 0.05) is 37.7 Å².